The number of halogens is 5. The van der Waals surface area contributed by atoms with Crippen molar-refractivity contribution >= 4 is 11.9 Å². The summed E-state index contributed by atoms with van der Waals surface area (Å²) >= 11 is 0. The zero-order valence-corrected chi connectivity index (χ0v) is 9.25. The van der Waals surface area contributed by atoms with Crippen molar-refractivity contribution in [3.8, 4) is 0 Å². The Bertz CT molecular complexity index is 370. The van der Waals surface area contributed by atoms with Crippen LogP contribution in [-0.2, 0) is 19.1 Å². The second-order valence-corrected chi connectivity index (χ2v) is 3.83. The monoisotopic (exact) mass is 276 g/mol. The molecule has 0 bridgehead atoms. The van der Waals surface area contributed by atoms with Gasteiger partial charge in [-0.25, -0.2) is 9.18 Å². The predicted octanol–water partition coefficient (Wildman–Crippen LogP) is 1.68. The number of alkyl halides is 5. The number of rotatable bonds is 2. The Morgan fingerprint density at radius 3 is 2.11 bits per heavy atom. The lowest BCUT2D eigenvalue weighted by Crippen LogP contribution is -2.40. The van der Waals surface area contributed by atoms with Gasteiger partial charge in [-0.3, -0.25) is 4.79 Å². The molecule has 9 heteroatoms. The second-order valence-electron chi connectivity index (χ2n) is 3.83. The zero-order valence-electron chi connectivity index (χ0n) is 9.25. The van der Waals surface area contributed by atoms with Gasteiger partial charge in [0.1, 0.15) is 6.10 Å². The number of hydrogen-bond donors (Lipinski definition) is 0. The Kier molecular flexibility index (Phi) is 3.66. The summed E-state index contributed by atoms with van der Waals surface area (Å²) in [6.45, 7) is 1.38. The first-order valence-electron chi connectivity index (χ1n) is 4.80. The maximum atomic E-state index is 13.4. The Balaban J connectivity index is 2.87. The molecule has 4 nitrogen and oxygen atoms in total. The van der Waals surface area contributed by atoms with Crippen LogP contribution in [0.3, 0.4) is 0 Å². The summed E-state index contributed by atoms with van der Waals surface area (Å²) in [4.78, 5) is 21.3. The summed E-state index contributed by atoms with van der Waals surface area (Å²) in [5.74, 6) is -9.89. The first kappa shape index (κ1) is 14.8. The molecule has 0 aromatic carbocycles. The van der Waals surface area contributed by atoms with Crippen molar-refractivity contribution in [3.05, 3.63) is 0 Å². The molecule has 0 spiro atoms. The van der Waals surface area contributed by atoms with Gasteiger partial charge in [-0.15, -0.1) is 0 Å². The molecule has 1 saturated heterocycles. The highest BCUT2D eigenvalue weighted by molar-refractivity contribution is 5.87. The summed E-state index contributed by atoms with van der Waals surface area (Å²) in [6, 6.07) is 0. The number of esters is 2. The molecule has 0 aromatic heterocycles. The first-order chi connectivity index (χ1) is 8.00. The number of ether oxygens (including phenoxy) is 2. The van der Waals surface area contributed by atoms with E-state index >= 15 is 0 Å². The van der Waals surface area contributed by atoms with Gasteiger partial charge in [0, 0.05) is 6.92 Å². The molecule has 3 atom stereocenters. The van der Waals surface area contributed by atoms with Crippen LogP contribution in [0.1, 0.15) is 13.8 Å². The van der Waals surface area contributed by atoms with E-state index in [9.17, 15) is 31.5 Å². The molecular weight excluding hydrogens is 267 g/mol. The average Bonchev–Trinajstić information content (AvgIpc) is 2.36. The maximum Gasteiger partial charge on any atom is 0.420 e. The predicted molar refractivity (Wildman–Crippen MR) is 45.6 cm³/mol. The third-order valence-corrected chi connectivity index (χ3v) is 2.49. The van der Waals surface area contributed by atoms with E-state index in [0.29, 0.717) is 6.92 Å². The van der Waals surface area contributed by atoms with Gasteiger partial charge in [-0.1, -0.05) is 6.92 Å². The van der Waals surface area contributed by atoms with Crippen molar-refractivity contribution in [2.24, 2.45) is 5.92 Å². The van der Waals surface area contributed by atoms with Crippen LogP contribution in [0.15, 0.2) is 0 Å². The topological polar surface area (TPSA) is 52.6 Å². The van der Waals surface area contributed by atoms with E-state index in [-0.39, 0.29) is 0 Å². The zero-order chi connectivity index (χ0) is 14.3. The second kappa shape index (κ2) is 4.45. The minimum atomic E-state index is -4.88. The quantitative estimate of drug-likeness (QED) is 0.437. The maximum absolute atomic E-state index is 13.4. The summed E-state index contributed by atoms with van der Waals surface area (Å²) in [5.41, 5.74) is 0. The molecule has 0 N–H and O–H groups in total. The van der Waals surface area contributed by atoms with E-state index in [2.05, 4.69) is 9.47 Å². The highest BCUT2D eigenvalue weighted by Gasteiger charge is 2.71. The van der Waals surface area contributed by atoms with E-state index in [4.69, 9.17) is 0 Å². The van der Waals surface area contributed by atoms with Crippen molar-refractivity contribution in [1.82, 2.24) is 0 Å². The Labute approximate surface area is 98.0 Å². The van der Waals surface area contributed by atoms with Gasteiger partial charge in [0.15, 0.2) is 0 Å². The van der Waals surface area contributed by atoms with E-state index in [1.165, 1.54) is 0 Å². The third-order valence-electron chi connectivity index (χ3n) is 2.49. The smallest absolute Gasteiger partial charge is 0.391 e. The minimum absolute atomic E-state index is 0.610. The van der Waals surface area contributed by atoms with Crippen molar-refractivity contribution < 1.29 is 41.0 Å². The fourth-order valence-electron chi connectivity index (χ4n) is 1.47. The van der Waals surface area contributed by atoms with Gasteiger partial charge >= 0.3 is 24.0 Å². The van der Waals surface area contributed by atoms with E-state index in [1.54, 1.807) is 0 Å². The van der Waals surface area contributed by atoms with Crippen LogP contribution in [0.2, 0.25) is 0 Å². The average molecular weight is 276 g/mol. The molecule has 0 saturated carbocycles. The van der Waals surface area contributed by atoms with Crippen molar-refractivity contribution in [1.29, 1.82) is 0 Å². The van der Waals surface area contributed by atoms with Crippen LogP contribution in [0, 0.1) is 5.92 Å². The standard InChI is InChI=1S/C9H9F5O4/c1-3-6(5(10)7(16)17-4(2)15)18-9(13,14)8(3,11)12/h3,5-6H,1-2H3. The number of carbonyl (C=O) groups is 2. The highest BCUT2D eigenvalue weighted by atomic mass is 19.3. The minimum Gasteiger partial charge on any atom is -0.391 e. The van der Waals surface area contributed by atoms with Gasteiger partial charge in [-0.2, -0.15) is 17.6 Å². The van der Waals surface area contributed by atoms with Gasteiger partial charge in [0.2, 0.25) is 6.17 Å². The van der Waals surface area contributed by atoms with E-state index < -0.39 is 42.2 Å². The molecule has 18 heavy (non-hydrogen) atoms. The van der Waals surface area contributed by atoms with Crippen LogP contribution in [0.5, 0.6) is 0 Å². The van der Waals surface area contributed by atoms with Crippen LogP contribution in [0.25, 0.3) is 0 Å². The third kappa shape index (κ3) is 2.31. The first-order valence-corrected chi connectivity index (χ1v) is 4.80. The van der Waals surface area contributed by atoms with Crippen LogP contribution in [-0.4, -0.2) is 36.2 Å². The molecule has 3 unspecified atom stereocenters. The molecular formula is C9H9F5O4. The van der Waals surface area contributed by atoms with Crippen LogP contribution < -0.4 is 0 Å². The van der Waals surface area contributed by atoms with Crippen LogP contribution >= 0.6 is 0 Å². The molecule has 1 aliphatic heterocycles. The van der Waals surface area contributed by atoms with Crippen molar-refractivity contribution in [2.45, 2.75) is 38.2 Å². The van der Waals surface area contributed by atoms with Gasteiger partial charge in [0.25, 0.3) is 0 Å². The molecule has 1 heterocycles. The van der Waals surface area contributed by atoms with E-state index in [1.807, 2.05) is 0 Å². The van der Waals surface area contributed by atoms with Crippen LogP contribution in [0.4, 0.5) is 22.0 Å². The van der Waals surface area contributed by atoms with E-state index in [0.717, 1.165) is 6.92 Å². The lowest BCUT2D eigenvalue weighted by atomic mass is 9.96. The lowest BCUT2D eigenvalue weighted by Gasteiger charge is -2.19. The van der Waals surface area contributed by atoms with Gasteiger partial charge in [-0.05, 0) is 0 Å². The summed E-state index contributed by atoms with van der Waals surface area (Å²) in [7, 11) is 0. The number of carbonyl (C=O) groups excluding carboxylic acids is 2. The molecule has 104 valence electrons. The summed E-state index contributed by atoms with van der Waals surface area (Å²) in [5, 5.41) is 0. The molecule has 0 aliphatic carbocycles. The Morgan fingerprint density at radius 1 is 1.28 bits per heavy atom. The Morgan fingerprint density at radius 2 is 1.78 bits per heavy atom. The molecule has 1 aliphatic rings. The fourth-order valence-corrected chi connectivity index (χ4v) is 1.47. The normalized spacial score (nSPS) is 30.8. The largest absolute Gasteiger partial charge is 0.420 e. The van der Waals surface area contributed by atoms with Gasteiger partial charge < -0.3 is 9.47 Å². The molecule has 0 amide bonds. The molecule has 1 rings (SSSR count). The van der Waals surface area contributed by atoms with Gasteiger partial charge in [0.05, 0.1) is 5.92 Å². The highest BCUT2D eigenvalue weighted by Crippen LogP contribution is 2.51. The Hall–Kier alpha value is -1.25. The van der Waals surface area contributed by atoms with Crippen molar-refractivity contribution in [2.75, 3.05) is 0 Å². The lowest BCUT2D eigenvalue weighted by molar-refractivity contribution is -0.314. The van der Waals surface area contributed by atoms with Crippen molar-refractivity contribution in [3.63, 3.8) is 0 Å². The molecule has 0 radical (unpaired) electrons. The fraction of sp³-hybridized carbons (Fsp3) is 0.778. The number of hydrogen-bond acceptors (Lipinski definition) is 4. The molecule has 1 fully saturated rings. The molecule has 0 aromatic rings. The SMILES string of the molecule is CC(=O)OC(=O)C(F)C1OC(F)(F)C(F)(F)C1C. The summed E-state index contributed by atoms with van der Waals surface area (Å²) < 4.78 is 72.2. The summed E-state index contributed by atoms with van der Waals surface area (Å²) in [6.07, 6.45) is -10.2.